The molecule has 18 heavy (non-hydrogen) atoms. The largest absolute Gasteiger partial charge is 0.454 e. The van der Waals surface area contributed by atoms with Crippen molar-refractivity contribution in [2.45, 2.75) is 19.4 Å². The first kappa shape index (κ1) is 12.9. The molecule has 0 amide bonds. The minimum Gasteiger partial charge on any atom is -0.454 e. The number of ether oxygens (including phenoxy) is 1. The monoisotopic (exact) mass is 263 g/mol. The molecule has 0 aliphatic carbocycles. The van der Waals surface area contributed by atoms with Crippen LogP contribution in [0.15, 0.2) is 42.6 Å². The molecule has 3 nitrogen and oxygen atoms in total. The van der Waals surface area contributed by atoms with Gasteiger partial charge in [0, 0.05) is 0 Å². The lowest BCUT2D eigenvalue weighted by Gasteiger charge is -2.09. The number of hydrogen-bond acceptors (Lipinski definition) is 3. The van der Waals surface area contributed by atoms with Gasteiger partial charge >= 0.3 is 0 Å². The summed E-state index contributed by atoms with van der Waals surface area (Å²) in [5, 5.41) is 10.2. The Morgan fingerprint density at radius 2 is 2.06 bits per heavy atom. The van der Waals surface area contributed by atoms with Gasteiger partial charge < -0.3 is 9.84 Å². The molecule has 0 saturated carbocycles. The lowest BCUT2D eigenvalue weighted by Crippen LogP contribution is -1.98. The van der Waals surface area contributed by atoms with Crippen molar-refractivity contribution in [2.75, 3.05) is 0 Å². The molecule has 94 valence electrons. The number of aromatic nitrogens is 1. The molecular formula is C14H14ClNO2. The number of rotatable bonds is 4. The van der Waals surface area contributed by atoms with E-state index in [-0.39, 0.29) is 0 Å². The van der Waals surface area contributed by atoms with Gasteiger partial charge in [-0.3, -0.25) is 4.98 Å². The fourth-order valence-electron chi connectivity index (χ4n) is 1.51. The van der Waals surface area contributed by atoms with Gasteiger partial charge in [-0.2, -0.15) is 0 Å². The maximum absolute atomic E-state index is 9.63. The highest BCUT2D eigenvalue weighted by atomic mass is 35.5. The normalized spacial score (nSPS) is 12.2. The van der Waals surface area contributed by atoms with Gasteiger partial charge in [-0.15, -0.1) is 0 Å². The summed E-state index contributed by atoms with van der Waals surface area (Å²) in [7, 11) is 0. The van der Waals surface area contributed by atoms with Crippen LogP contribution in [-0.2, 0) is 0 Å². The Bertz CT molecular complexity index is 513. The quantitative estimate of drug-likeness (QED) is 0.908. The fraction of sp³-hybridized carbons (Fsp3) is 0.214. The molecule has 0 unspecified atom stereocenters. The molecule has 0 saturated heterocycles. The number of nitrogens with zero attached hydrogens (tertiary/aromatic N) is 1. The molecule has 0 spiro atoms. The topological polar surface area (TPSA) is 42.4 Å². The average Bonchev–Trinajstić information content (AvgIpc) is 2.41. The van der Waals surface area contributed by atoms with E-state index in [2.05, 4.69) is 4.98 Å². The molecule has 1 atom stereocenters. The van der Waals surface area contributed by atoms with Crippen LogP contribution in [0.4, 0.5) is 0 Å². The van der Waals surface area contributed by atoms with Crippen LogP contribution in [0.25, 0.3) is 0 Å². The van der Waals surface area contributed by atoms with E-state index >= 15 is 0 Å². The molecular weight excluding hydrogens is 250 g/mol. The van der Waals surface area contributed by atoms with Crippen molar-refractivity contribution in [1.82, 2.24) is 4.98 Å². The van der Waals surface area contributed by atoms with Gasteiger partial charge in [-0.05, 0) is 30.7 Å². The number of para-hydroxylation sites is 1. The van der Waals surface area contributed by atoms with Crippen LogP contribution in [0.1, 0.15) is 25.1 Å². The second kappa shape index (κ2) is 5.85. The van der Waals surface area contributed by atoms with Crippen LogP contribution in [0.2, 0.25) is 5.02 Å². The Kier molecular flexibility index (Phi) is 4.18. The summed E-state index contributed by atoms with van der Waals surface area (Å²) in [6.07, 6.45) is 1.69. The number of aliphatic hydroxyl groups excluding tert-OH is 1. The van der Waals surface area contributed by atoms with Crippen molar-refractivity contribution in [3.05, 3.63) is 53.3 Å². The Hall–Kier alpha value is -1.58. The molecule has 0 fully saturated rings. The number of benzene rings is 1. The molecule has 0 bridgehead atoms. The molecule has 2 aromatic rings. The Labute approximate surface area is 111 Å². The molecule has 4 heteroatoms. The van der Waals surface area contributed by atoms with E-state index in [1.807, 2.05) is 19.1 Å². The Morgan fingerprint density at radius 3 is 2.67 bits per heavy atom. The molecule has 1 aromatic carbocycles. The van der Waals surface area contributed by atoms with Crippen LogP contribution in [0.3, 0.4) is 0 Å². The number of pyridine rings is 1. The zero-order valence-corrected chi connectivity index (χ0v) is 10.8. The molecule has 0 aliphatic heterocycles. The Balaban J connectivity index is 2.14. The predicted molar refractivity (Wildman–Crippen MR) is 71.0 cm³/mol. The van der Waals surface area contributed by atoms with Gasteiger partial charge in [-0.25, -0.2) is 0 Å². The second-order valence-electron chi connectivity index (χ2n) is 3.88. The molecule has 2 rings (SSSR count). The van der Waals surface area contributed by atoms with Gasteiger partial charge in [0.25, 0.3) is 0 Å². The molecule has 1 N–H and O–H groups in total. The van der Waals surface area contributed by atoms with Gasteiger partial charge in [0.15, 0.2) is 0 Å². The van der Waals surface area contributed by atoms with E-state index in [1.54, 1.807) is 30.5 Å². The molecule has 0 aliphatic rings. The maximum Gasteiger partial charge on any atom is 0.146 e. The fourth-order valence-corrected chi connectivity index (χ4v) is 1.69. The molecule has 0 radical (unpaired) electrons. The lowest BCUT2D eigenvalue weighted by atomic mass is 10.2. The van der Waals surface area contributed by atoms with Crippen molar-refractivity contribution >= 4 is 11.6 Å². The molecule has 1 aromatic heterocycles. The summed E-state index contributed by atoms with van der Waals surface area (Å²) >= 11 is 5.99. The highest BCUT2D eigenvalue weighted by Crippen LogP contribution is 2.28. The first-order valence-corrected chi connectivity index (χ1v) is 6.15. The van der Waals surface area contributed by atoms with E-state index < -0.39 is 6.10 Å². The standard InChI is InChI=1S/C14H14ClNO2/c1-2-13(17)12-8-7-10(9-16-12)18-14-6-4-3-5-11(14)15/h3-9,13,17H,2H2,1H3/t13-/m0/s1. The van der Waals surface area contributed by atoms with Gasteiger partial charge in [0.05, 0.1) is 23.0 Å². The van der Waals surface area contributed by atoms with Crippen LogP contribution in [0, 0.1) is 0 Å². The number of halogens is 1. The minimum atomic E-state index is -0.528. The first-order chi connectivity index (χ1) is 8.70. The first-order valence-electron chi connectivity index (χ1n) is 5.77. The zero-order valence-electron chi connectivity index (χ0n) is 10.0. The van der Waals surface area contributed by atoms with Gasteiger partial charge in [-0.1, -0.05) is 30.7 Å². The summed E-state index contributed by atoms with van der Waals surface area (Å²) in [5.41, 5.74) is 0.643. The van der Waals surface area contributed by atoms with Crippen molar-refractivity contribution < 1.29 is 9.84 Å². The highest BCUT2D eigenvalue weighted by molar-refractivity contribution is 6.32. The third-order valence-electron chi connectivity index (χ3n) is 2.55. The van der Waals surface area contributed by atoms with Crippen LogP contribution in [0.5, 0.6) is 11.5 Å². The van der Waals surface area contributed by atoms with Gasteiger partial charge in [0.1, 0.15) is 11.5 Å². The van der Waals surface area contributed by atoms with Crippen molar-refractivity contribution in [2.24, 2.45) is 0 Å². The van der Waals surface area contributed by atoms with Crippen LogP contribution < -0.4 is 4.74 Å². The summed E-state index contributed by atoms with van der Waals surface area (Å²) in [4.78, 5) is 4.16. The average molecular weight is 264 g/mol. The SMILES string of the molecule is CC[C@H](O)c1ccc(Oc2ccccc2Cl)cn1. The maximum atomic E-state index is 9.63. The van der Waals surface area contributed by atoms with E-state index in [9.17, 15) is 5.11 Å². The van der Waals surface area contributed by atoms with E-state index in [1.165, 1.54) is 0 Å². The summed E-state index contributed by atoms with van der Waals surface area (Å²) in [6.45, 7) is 1.90. The third-order valence-corrected chi connectivity index (χ3v) is 2.86. The van der Waals surface area contributed by atoms with Crippen LogP contribution >= 0.6 is 11.6 Å². The third kappa shape index (κ3) is 3.00. The lowest BCUT2D eigenvalue weighted by molar-refractivity contribution is 0.169. The predicted octanol–water partition coefficient (Wildman–Crippen LogP) is 3.97. The van der Waals surface area contributed by atoms with Crippen molar-refractivity contribution in [3.63, 3.8) is 0 Å². The summed E-state index contributed by atoms with van der Waals surface area (Å²) in [6, 6.07) is 10.8. The zero-order chi connectivity index (χ0) is 13.0. The highest BCUT2D eigenvalue weighted by Gasteiger charge is 2.07. The van der Waals surface area contributed by atoms with E-state index in [0.717, 1.165) is 0 Å². The summed E-state index contributed by atoms with van der Waals surface area (Å²) in [5.74, 6) is 1.18. The second-order valence-corrected chi connectivity index (χ2v) is 4.28. The Morgan fingerprint density at radius 1 is 1.28 bits per heavy atom. The van der Waals surface area contributed by atoms with Crippen molar-refractivity contribution in [1.29, 1.82) is 0 Å². The van der Waals surface area contributed by atoms with E-state index in [4.69, 9.17) is 16.3 Å². The molecule has 1 heterocycles. The van der Waals surface area contributed by atoms with Gasteiger partial charge in [0.2, 0.25) is 0 Å². The number of hydrogen-bond donors (Lipinski definition) is 1. The smallest absolute Gasteiger partial charge is 0.146 e. The van der Waals surface area contributed by atoms with Crippen molar-refractivity contribution in [3.8, 4) is 11.5 Å². The van der Waals surface area contributed by atoms with Crippen LogP contribution in [-0.4, -0.2) is 10.1 Å². The number of aliphatic hydroxyl groups is 1. The minimum absolute atomic E-state index is 0.528. The summed E-state index contributed by atoms with van der Waals surface area (Å²) < 4.78 is 5.60. The van der Waals surface area contributed by atoms with E-state index in [0.29, 0.717) is 28.6 Å².